The average Bonchev–Trinajstić information content (AvgIpc) is 2.29. The van der Waals surface area contributed by atoms with E-state index in [4.69, 9.17) is 0 Å². The van der Waals surface area contributed by atoms with Gasteiger partial charge in [-0.15, -0.1) is 0 Å². The monoisotopic (exact) mass is 212 g/mol. The highest BCUT2D eigenvalue weighted by atomic mass is 14.2. The molecule has 0 heterocycles. The maximum atomic E-state index is 2.36. The van der Waals surface area contributed by atoms with Gasteiger partial charge in [0, 0.05) is 0 Å². The molecule has 0 nitrogen and oxygen atoms in total. The largest absolute Gasteiger partial charge is 0.0807 e. The van der Waals surface area contributed by atoms with Crippen LogP contribution in [0.5, 0.6) is 0 Å². The lowest BCUT2D eigenvalue weighted by Gasteiger charge is -2.18. The van der Waals surface area contributed by atoms with Crippen LogP contribution in [0, 0.1) is 0 Å². The normalized spacial score (nSPS) is 16.3. The molecule has 1 aliphatic carbocycles. The minimum absolute atomic E-state index is 1.11. The highest BCUT2D eigenvalue weighted by Gasteiger charge is 2.11. The van der Waals surface area contributed by atoms with Gasteiger partial charge in [0.15, 0.2) is 0 Å². The molecule has 0 amide bonds. The third-order valence-electron chi connectivity index (χ3n) is 3.41. The summed E-state index contributed by atoms with van der Waals surface area (Å²) < 4.78 is 0. The zero-order chi connectivity index (χ0) is 11.5. The van der Waals surface area contributed by atoms with Crippen molar-refractivity contribution in [1.29, 1.82) is 0 Å². The fourth-order valence-corrected chi connectivity index (χ4v) is 2.49. The van der Waals surface area contributed by atoms with E-state index in [0.717, 1.165) is 6.42 Å². The Bertz CT molecular complexity index is 447. The van der Waals surface area contributed by atoms with E-state index < -0.39 is 0 Å². The van der Waals surface area contributed by atoms with E-state index in [2.05, 4.69) is 51.1 Å². The maximum Gasteiger partial charge on any atom is -0.0168 e. The van der Waals surface area contributed by atoms with Crippen molar-refractivity contribution in [3.63, 3.8) is 0 Å². The lowest BCUT2D eigenvalue weighted by atomic mass is 9.87. The summed E-state index contributed by atoms with van der Waals surface area (Å²) in [6.07, 6.45) is 5.89. The van der Waals surface area contributed by atoms with Gasteiger partial charge in [-0.3, -0.25) is 0 Å². The summed E-state index contributed by atoms with van der Waals surface area (Å²) in [5, 5.41) is 0. The Morgan fingerprint density at radius 3 is 2.69 bits per heavy atom. The molecule has 0 fully saturated rings. The van der Waals surface area contributed by atoms with Crippen LogP contribution >= 0.6 is 0 Å². The van der Waals surface area contributed by atoms with Gasteiger partial charge >= 0.3 is 0 Å². The summed E-state index contributed by atoms with van der Waals surface area (Å²) in [6, 6.07) is 8.96. The lowest BCUT2D eigenvalue weighted by molar-refractivity contribution is 0.952. The second-order valence-electron chi connectivity index (χ2n) is 4.64. The van der Waals surface area contributed by atoms with Gasteiger partial charge in [0.1, 0.15) is 0 Å². The van der Waals surface area contributed by atoms with Crippen LogP contribution in [-0.4, -0.2) is 0 Å². The van der Waals surface area contributed by atoms with E-state index in [1.165, 1.54) is 40.7 Å². The quantitative estimate of drug-likeness (QED) is 0.663. The van der Waals surface area contributed by atoms with Crippen molar-refractivity contribution in [1.82, 2.24) is 0 Å². The molecule has 16 heavy (non-hydrogen) atoms. The summed E-state index contributed by atoms with van der Waals surface area (Å²) in [4.78, 5) is 0. The molecule has 84 valence electrons. The summed E-state index contributed by atoms with van der Waals surface area (Å²) in [5.41, 5.74) is 7.27. The SMILES string of the molecule is CCc1cccc(C2=C(C)CCC=C2C)c1. The Morgan fingerprint density at radius 2 is 2.00 bits per heavy atom. The van der Waals surface area contributed by atoms with Gasteiger partial charge in [-0.1, -0.05) is 42.8 Å². The van der Waals surface area contributed by atoms with Gasteiger partial charge in [0.2, 0.25) is 0 Å². The van der Waals surface area contributed by atoms with E-state index >= 15 is 0 Å². The molecule has 0 aromatic heterocycles. The Kier molecular flexibility index (Phi) is 3.28. The Hall–Kier alpha value is -1.30. The molecular weight excluding hydrogens is 192 g/mol. The predicted octanol–water partition coefficient (Wildman–Crippen LogP) is 4.76. The van der Waals surface area contributed by atoms with E-state index in [0.29, 0.717) is 0 Å². The molecule has 0 N–H and O–H groups in total. The fourth-order valence-electron chi connectivity index (χ4n) is 2.49. The molecule has 1 aliphatic rings. The van der Waals surface area contributed by atoms with E-state index in [9.17, 15) is 0 Å². The van der Waals surface area contributed by atoms with Crippen molar-refractivity contribution in [3.8, 4) is 0 Å². The first-order chi connectivity index (χ1) is 7.72. The first kappa shape index (κ1) is 11.2. The number of hydrogen-bond donors (Lipinski definition) is 0. The second-order valence-corrected chi connectivity index (χ2v) is 4.64. The number of benzene rings is 1. The Labute approximate surface area is 98.7 Å². The van der Waals surface area contributed by atoms with Crippen molar-refractivity contribution < 1.29 is 0 Å². The van der Waals surface area contributed by atoms with Gasteiger partial charge in [-0.25, -0.2) is 0 Å². The van der Waals surface area contributed by atoms with Crippen molar-refractivity contribution in [2.75, 3.05) is 0 Å². The van der Waals surface area contributed by atoms with Crippen molar-refractivity contribution in [2.45, 2.75) is 40.0 Å². The van der Waals surface area contributed by atoms with Crippen LogP contribution in [0.3, 0.4) is 0 Å². The summed E-state index contributed by atoms with van der Waals surface area (Å²) in [6.45, 7) is 6.71. The van der Waals surface area contributed by atoms with Gasteiger partial charge in [-0.05, 0) is 55.4 Å². The van der Waals surface area contributed by atoms with Crippen molar-refractivity contribution >= 4 is 5.57 Å². The van der Waals surface area contributed by atoms with E-state index in [1.54, 1.807) is 0 Å². The van der Waals surface area contributed by atoms with E-state index in [-0.39, 0.29) is 0 Å². The maximum absolute atomic E-state index is 2.36. The first-order valence-corrected chi connectivity index (χ1v) is 6.18. The molecule has 0 heteroatoms. The Balaban J connectivity index is 2.46. The summed E-state index contributed by atoms with van der Waals surface area (Å²) in [5.74, 6) is 0. The predicted molar refractivity (Wildman–Crippen MR) is 71.4 cm³/mol. The number of allylic oxidation sites excluding steroid dienone is 4. The third-order valence-corrected chi connectivity index (χ3v) is 3.41. The van der Waals surface area contributed by atoms with Gasteiger partial charge in [0.05, 0.1) is 0 Å². The molecule has 2 rings (SSSR count). The highest BCUT2D eigenvalue weighted by Crippen LogP contribution is 2.33. The minimum Gasteiger partial charge on any atom is -0.0807 e. The smallest absolute Gasteiger partial charge is 0.0168 e. The number of rotatable bonds is 2. The van der Waals surface area contributed by atoms with Crippen LogP contribution in [0.2, 0.25) is 0 Å². The molecule has 0 spiro atoms. The zero-order valence-electron chi connectivity index (χ0n) is 10.5. The fraction of sp³-hybridized carbons (Fsp3) is 0.375. The molecule has 0 saturated heterocycles. The minimum atomic E-state index is 1.11. The van der Waals surface area contributed by atoms with Crippen molar-refractivity contribution in [3.05, 3.63) is 52.6 Å². The molecule has 0 unspecified atom stereocenters. The molecule has 0 atom stereocenters. The molecule has 0 saturated carbocycles. The topological polar surface area (TPSA) is 0 Å². The highest BCUT2D eigenvalue weighted by molar-refractivity contribution is 5.81. The first-order valence-electron chi connectivity index (χ1n) is 6.18. The van der Waals surface area contributed by atoms with Crippen molar-refractivity contribution in [2.24, 2.45) is 0 Å². The van der Waals surface area contributed by atoms with Gasteiger partial charge < -0.3 is 0 Å². The van der Waals surface area contributed by atoms with Gasteiger partial charge in [0.25, 0.3) is 0 Å². The van der Waals surface area contributed by atoms with Crippen LogP contribution in [0.25, 0.3) is 5.57 Å². The number of aryl methyl sites for hydroxylation is 1. The van der Waals surface area contributed by atoms with Crippen LogP contribution in [0.15, 0.2) is 41.5 Å². The summed E-state index contributed by atoms with van der Waals surface area (Å²) in [7, 11) is 0. The lowest BCUT2D eigenvalue weighted by Crippen LogP contribution is -1.97. The van der Waals surface area contributed by atoms with Crippen LogP contribution < -0.4 is 0 Å². The average molecular weight is 212 g/mol. The second kappa shape index (κ2) is 4.69. The Morgan fingerprint density at radius 1 is 1.19 bits per heavy atom. The molecule has 0 aliphatic heterocycles. The van der Waals surface area contributed by atoms with Crippen LogP contribution in [0.1, 0.15) is 44.7 Å². The van der Waals surface area contributed by atoms with Crippen LogP contribution in [0.4, 0.5) is 0 Å². The van der Waals surface area contributed by atoms with E-state index in [1.807, 2.05) is 0 Å². The zero-order valence-corrected chi connectivity index (χ0v) is 10.5. The molecule has 1 aromatic carbocycles. The van der Waals surface area contributed by atoms with Crippen LogP contribution in [-0.2, 0) is 6.42 Å². The number of hydrogen-bond acceptors (Lipinski definition) is 0. The summed E-state index contributed by atoms with van der Waals surface area (Å²) >= 11 is 0. The third kappa shape index (κ3) is 2.11. The standard InChI is InChI=1S/C16H20/c1-4-14-9-6-10-15(11-14)16-12(2)7-5-8-13(16)3/h6-7,9-11H,4-5,8H2,1-3H3. The molecular formula is C16H20. The molecule has 1 aromatic rings. The molecule has 0 bridgehead atoms. The molecule has 0 radical (unpaired) electrons. The van der Waals surface area contributed by atoms with Gasteiger partial charge in [-0.2, -0.15) is 0 Å².